The van der Waals surface area contributed by atoms with Crippen LogP contribution in [0.25, 0.3) is 0 Å². The Bertz CT molecular complexity index is 117. The maximum absolute atomic E-state index is 8.55. The van der Waals surface area contributed by atoms with Gasteiger partial charge in [0.05, 0.1) is 0 Å². The van der Waals surface area contributed by atoms with Crippen molar-refractivity contribution >= 4 is 25.2 Å². The van der Waals surface area contributed by atoms with Crippen molar-refractivity contribution in [1.29, 1.82) is 5.26 Å². The van der Waals surface area contributed by atoms with E-state index in [1.54, 1.807) is 0 Å². The largest absolute Gasteiger partial charge is 3.00 e. The van der Waals surface area contributed by atoms with Crippen LogP contribution in [0.1, 0.15) is 0 Å². The van der Waals surface area contributed by atoms with Gasteiger partial charge in [-0.2, -0.15) is 13.1 Å². The average Bonchev–Trinajstić information content (AvgIpc) is 1.27. The molecule has 6 nitrogen and oxygen atoms in total. The molecule has 0 atom stereocenters. The van der Waals surface area contributed by atoms with Crippen LogP contribution in [0, 0.1) is 11.5 Å². The average molecular weight is 164 g/mol. The van der Waals surface area contributed by atoms with Gasteiger partial charge < -0.3 is 25.0 Å². The molecule has 0 saturated carbocycles. The summed E-state index contributed by atoms with van der Waals surface area (Å²) in [6.07, 6.45) is 1.25. The number of nitrogens with two attached hydrogens (primary N) is 1. The predicted molar refractivity (Wildman–Crippen MR) is 23.2 cm³/mol. The molecule has 0 aliphatic carbocycles. The monoisotopic (exact) mass is 164 g/mol. The molecule has 0 rings (SSSR count). The van der Waals surface area contributed by atoms with E-state index in [9.17, 15) is 0 Å². The first kappa shape index (κ1) is 16.0. The van der Waals surface area contributed by atoms with E-state index >= 15 is 0 Å². The van der Waals surface area contributed by atoms with Crippen LogP contribution in [-0.4, -0.2) is 17.4 Å². The van der Waals surface area contributed by atoms with E-state index in [1.807, 2.05) is 0 Å². The molecule has 0 aromatic heterocycles. The maximum atomic E-state index is 8.55. The van der Waals surface area contributed by atoms with Gasteiger partial charge in [-0.1, -0.05) is 0 Å². The molecule has 0 saturated heterocycles. The minimum atomic E-state index is -5.39. The number of rotatable bonds is 0. The van der Waals surface area contributed by atoms with Gasteiger partial charge >= 0.3 is 17.4 Å². The second-order valence-corrected chi connectivity index (χ2v) is 1.47. The SMILES string of the molecule is N#CN.O=P([O-])([O-])[O-].[Al+3]. The van der Waals surface area contributed by atoms with Crippen molar-refractivity contribution in [3.05, 3.63) is 0 Å². The number of nitriles is 1. The quantitative estimate of drug-likeness (QED) is 0.169. The minimum Gasteiger partial charge on any atom is -0.822 e. The molecular weight excluding hydrogens is 162 g/mol. The second kappa shape index (κ2) is 7.93. The molecule has 0 spiro atoms. The van der Waals surface area contributed by atoms with E-state index in [4.69, 9.17) is 24.5 Å². The molecule has 0 aliphatic heterocycles. The van der Waals surface area contributed by atoms with Crippen LogP contribution in [0.5, 0.6) is 0 Å². The van der Waals surface area contributed by atoms with Crippen LogP contribution in [0.4, 0.5) is 0 Å². The van der Waals surface area contributed by atoms with E-state index in [-0.39, 0.29) is 17.4 Å². The molecule has 8 heteroatoms. The number of hydrogen-bond donors (Lipinski definition) is 1. The Hall–Kier alpha value is -0.0675. The Kier molecular flexibility index (Phi) is 14.1. The van der Waals surface area contributed by atoms with E-state index in [1.165, 1.54) is 6.19 Å². The Labute approximate surface area is 62.3 Å². The van der Waals surface area contributed by atoms with Gasteiger partial charge in [0.15, 0.2) is 6.19 Å². The van der Waals surface area contributed by atoms with Gasteiger partial charge in [0.25, 0.3) is 0 Å². The standard InChI is InChI=1S/CH2N2.Al.H3O4P/c2-1-3;;1-5(2,3)4/h2H2;;(H3,1,2,3,4)/q;+3;/p-3. The first-order valence-corrected chi connectivity index (χ1v) is 2.70. The molecule has 2 N–H and O–H groups in total. The minimum absolute atomic E-state index is 0. The fraction of sp³-hybridized carbons (Fsp3) is 0. The van der Waals surface area contributed by atoms with E-state index in [0.717, 1.165) is 0 Å². The van der Waals surface area contributed by atoms with Crippen molar-refractivity contribution in [2.24, 2.45) is 5.73 Å². The van der Waals surface area contributed by atoms with Crippen LogP contribution in [0.3, 0.4) is 0 Å². The van der Waals surface area contributed by atoms with Gasteiger partial charge in [-0.3, -0.25) is 0 Å². The van der Waals surface area contributed by atoms with Gasteiger partial charge in [-0.05, 0) is 0 Å². The van der Waals surface area contributed by atoms with Gasteiger partial charge in [0.2, 0.25) is 0 Å². The second-order valence-electron chi connectivity index (χ2n) is 0.576. The summed E-state index contributed by atoms with van der Waals surface area (Å²) in [5, 5.41) is 7.10. The molecule has 0 aromatic rings. The van der Waals surface area contributed by atoms with E-state index < -0.39 is 7.82 Å². The van der Waals surface area contributed by atoms with Crippen LogP contribution >= 0.6 is 7.82 Å². The first-order valence-electron chi connectivity index (χ1n) is 1.24. The molecular formula is CH2AlN2O4P. The summed E-state index contributed by atoms with van der Waals surface area (Å²) in [5.74, 6) is 0. The van der Waals surface area contributed by atoms with Gasteiger partial charge in [0.1, 0.15) is 0 Å². The van der Waals surface area contributed by atoms with Crippen molar-refractivity contribution in [3.63, 3.8) is 0 Å². The summed E-state index contributed by atoms with van der Waals surface area (Å²) < 4.78 is 8.55. The molecule has 9 heavy (non-hydrogen) atoms. The first-order chi connectivity index (χ1) is 3.41. The summed E-state index contributed by atoms with van der Waals surface area (Å²) in [6.45, 7) is 0. The Balaban J connectivity index is -0.0000000800. The topological polar surface area (TPSA) is 136 Å². The molecule has 0 aliphatic rings. The third kappa shape index (κ3) is 61200. The number of nitrogens with zero attached hydrogens (tertiary/aromatic N) is 1. The van der Waals surface area contributed by atoms with E-state index in [2.05, 4.69) is 5.73 Å². The normalized spacial score (nSPS) is 7.33. The zero-order valence-electron chi connectivity index (χ0n) is 4.18. The third-order valence-corrected chi connectivity index (χ3v) is 0. The van der Waals surface area contributed by atoms with Crippen LogP contribution in [0.2, 0.25) is 0 Å². The zero-order chi connectivity index (χ0) is 7.21. The predicted octanol–water partition coefficient (Wildman–Crippen LogP) is -3.78. The van der Waals surface area contributed by atoms with Crippen LogP contribution in [0.15, 0.2) is 0 Å². The number of phosphoric acid groups is 1. The van der Waals surface area contributed by atoms with Crippen molar-refractivity contribution in [1.82, 2.24) is 0 Å². The summed E-state index contributed by atoms with van der Waals surface area (Å²) in [7, 11) is -5.39. The number of hydrogen-bond acceptors (Lipinski definition) is 6. The summed E-state index contributed by atoms with van der Waals surface area (Å²) in [5.41, 5.74) is 4.15. The fourth-order valence-corrected chi connectivity index (χ4v) is 0. The summed E-state index contributed by atoms with van der Waals surface area (Å²) in [4.78, 5) is 25.6. The van der Waals surface area contributed by atoms with Crippen molar-refractivity contribution in [3.8, 4) is 6.19 Å². The zero-order valence-corrected chi connectivity index (χ0v) is 6.23. The maximum Gasteiger partial charge on any atom is 3.00 e. The van der Waals surface area contributed by atoms with Crippen molar-refractivity contribution < 1.29 is 19.2 Å². The van der Waals surface area contributed by atoms with Gasteiger partial charge in [-0.15, -0.1) is 0 Å². The Morgan fingerprint density at radius 3 is 1.44 bits per heavy atom. The van der Waals surface area contributed by atoms with Gasteiger partial charge in [0, 0.05) is 0 Å². The molecule has 0 fully saturated rings. The summed E-state index contributed by atoms with van der Waals surface area (Å²) >= 11 is 0. The van der Waals surface area contributed by atoms with Crippen molar-refractivity contribution in [2.45, 2.75) is 0 Å². The molecule has 48 valence electrons. The third-order valence-electron chi connectivity index (χ3n) is 0. The van der Waals surface area contributed by atoms with Crippen molar-refractivity contribution in [2.75, 3.05) is 0 Å². The smallest absolute Gasteiger partial charge is 0.822 e. The molecule has 0 heterocycles. The molecule has 0 amide bonds. The molecule has 0 radical (unpaired) electrons. The molecule has 0 unspecified atom stereocenters. The molecule has 0 bridgehead atoms. The van der Waals surface area contributed by atoms with Crippen LogP contribution < -0.4 is 20.4 Å². The van der Waals surface area contributed by atoms with E-state index in [0.29, 0.717) is 0 Å². The Morgan fingerprint density at radius 2 is 1.44 bits per heavy atom. The Morgan fingerprint density at radius 1 is 1.44 bits per heavy atom. The molecule has 0 aromatic carbocycles. The summed E-state index contributed by atoms with van der Waals surface area (Å²) in [6, 6.07) is 0. The van der Waals surface area contributed by atoms with Crippen LogP contribution in [-0.2, 0) is 4.57 Å². The van der Waals surface area contributed by atoms with Gasteiger partial charge in [-0.25, -0.2) is 0 Å². The fourth-order valence-electron chi connectivity index (χ4n) is 0.